The molecule has 1 aromatic rings. The molecule has 28 heavy (non-hydrogen) atoms. The Bertz CT molecular complexity index is 811. The maximum Gasteiger partial charge on any atom is 0.243 e. The molecule has 2 fully saturated rings. The third kappa shape index (κ3) is 5.19. The highest BCUT2D eigenvalue weighted by atomic mass is 35.5. The monoisotopic (exact) mass is 447 g/mol. The predicted molar refractivity (Wildman–Crippen MR) is 111 cm³/mol. The van der Waals surface area contributed by atoms with Crippen molar-refractivity contribution < 1.29 is 13.2 Å². The molecule has 0 unspecified atom stereocenters. The van der Waals surface area contributed by atoms with E-state index < -0.39 is 10.0 Å². The van der Waals surface area contributed by atoms with Crippen LogP contribution in [0.2, 0.25) is 10.0 Å². The Balaban J connectivity index is 1.52. The van der Waals surface area contributed by atoms with Gasteiger partial charge in [0.05, 0.1) is 21.5 Å². The van der Waals surface area contributed by atoms with Crippen molar-refractivity contribution in [3.05, 3.63) is 28.2 Å². The number of carbonyl (C=O) groups is 1. The molecule has 1 heterocycles. The van der Waals surface area contributed by atoms with Crippen LogP contribution in [-0.2, 0) is 14.8 Å². The van der Waals surface area contributed by atoms with Crippen LogP contribution in [0.25, 0.3) is 0 Å². The number of hydrogen-bond acceptors (Lipinski definition) is 4. The first-order chi connectivity index (χ1) is 13.3. The number of sulfonamides is 1. The fraction of sp³-hybridized carbons (Fsp3) is 0.632. The van der Waals surface area contributed by atoms with Crippen LogP contribution in [0.15, 0.2) is 23.1 Å². The van der Waals surface area contributed by atoms with E-state index in [1.165, 1.54) is 35.3 Å². The van der Waals surface area contributed by atoms with Crippen molar-refractivity contribution in [1.29, 1.82) is 0 Å². The van der Waals surface area contributed by atoms with Gasteiger partial charge in [-0.15, -0.1) is 0 Å². The summed E-state index contributed by atoms with van der Waals surface area (Å²) in [5, 5.41) is 3.70. The van der Waals surface area contributed by atoms with Crippen LogP contribution >= 0.6 is 23.2 Å². The van der Waals surface area contributed by atoms with E-state index >= 15 is 0 Å². The highest BCUT2D eigenvalue weighted by molar-refractivity contribution is 7.89. The second-order valence-electron chi connectivity index (χ2n) is 7.69. The van der Waals surface area contributed by atoms with Gasteiger partial charge in [-0.05, 0) is 37.0 Å². The first-order valence-electron chi connectivity index (χ1n) is 9.74. The van der Waals surface area contributed by atoms with E-state index in [0.29, 0.717) is 43.7 Å². The fourth-order valence-corrected chi connectivity index (χ4v) is 5.71. The first kappa shape index (κ1) is 21.8. The fourth-order valence-electron chi connectivity index (χ4n) is 3.90. The molecule has 0 spiro atoms. The number of rotatable bonds is 5. The highest BCUT2D eigenvalue weighted by Gasteiger charge is 2.30. The van der Waals surface area contributed by atoms with E-state index in [9.17, 15) is 13.2 Å². The van der Waals surface area contributed by atoms with Gasteiger partial charge in [-0.1, -0.05) is 43.0 Å². The quantitative estimate of drug-likeness (QED) is 0.752. The summed E-state index contributed by atoms with van der Waals surface area (Å²) in [6.07, 6.45) is 4.61. The van der Waals surface area contributed by atoms with Crippen LogP contribution in [-0.4, -0.2) is 62.3 Å². The second kappa shape index (κ2) is 9.30. The van der Waals surface area contributed by atoms with Crippen LogP contribution in [0.3, 0.4) is 0 Å². The molecule has 156 valence electrons. The molecular weight excluding hydrogens is 421 g/mol. The van der Waals surface area contributed by atoms with Crippen molar-refractivity contribution in [3.63, 3.8) is 0 Å². The van der Waals surface area contributed by atoms with Crippen molar-refractivity contribution in [1.82, 2.24) is 14.5 Å². The van der Waals surface area contributed by atoms with Crippen LogP contribution in [0.4, 0.5) is 0 Å². The molecule has 1 aliphatic carbocycles. The minimum absolute atomic E-state index is 0.0274. The number of hydrogen-bond donors (Lipinski definition) is 1. The lowest BCUT2D eigenvalue weighted by molar-refractivity contribution is -0.123. The Morgan fingerprint density at radius 1 is 1.11 bits per heavy atom. The third-order valence-corrected chi connectivity index (χ3v) is 8.32. The minimum atomic E-state index is -3.62. The molecule has 1 saturated carbocycles. The van der Waals surface area contributed by atoms with Gasteiger partial charge in [-0.2, -0.15) is 4.31 Å². The highest BCUT2D eigenvalue weighted by Crippen LogP contribution is 2.27. The van der Waals surface area contributed by atoms with Gasteiger partial charge in [0.15, 0.2) is 0 Å². The number of amides is 1. The SMILES string of the molecule is C[C@@H]1CCCC[C@H]1NC(=O)CN1CCN(S(=O)(=O)c2ccc(Cl)c(Cl)c2)CC1. The second-order valence-corrected chi connectivity index (χ2v) is 10.4. The van der Waals surface area contributed by atoms with Crippen molar-refractivity contribution in [2.45, 2.75) is 43.5 Å². The average Bonchev–Trinajstić information content (AvgIpc) is 2.66. The molecule has 1 aromatic carbocycles. The van der Waals surface area contributed by atoms with Crippen molar-refractivity contribution >= 4 is 39.1 Å². The molecular formula is C19H27Cl2N3O3S. The van der Waals surface area contributed by atoms with E-state index in [-0.39, 0.29) is 21.9 Å². The Morgan fingerprint density at radius 3 is 2.43 bits per heavy atom. The van der Waals surface area contributed by atoms with E-state index in [4.69, 9.17) is 23.2 Å². The minimum Gasteiger partial charge on any atom is -0.352 e. The summed E-state index contributed by atoms with van der Waals surface area (Å²) in [5.74, 6) is 0.547. The van der Waals surface area contributed by atoms with Gasteiger partial charge in [0.25, 0.3) is 0 Å². The molecule has 0 bridgehead atoms. The lowest BCUT2D eigenvalue weighted by Crippen LogP contribution is -2.52. The zero-order chi connectivity index (χ0) is 20.3. The smallest absolute Gasteiger partial charge is 0.243 e. The van der Waals surface area contributed by atoms with Gasteiger partial charge in [0, 0.05) is 32.2 Å². The van der Waals surface area contributed by atoms with Crippen molar-refractivity contribution in [3.8, 4) is 0 Å². The Hall–Kier alpha value is -0.860. The largest absolute Gasteiger partial charge is 0.352 e. The Labute approximate surface area is 177 Å². The number of nitrogens with one attached hydrogen (secondary N) is 1. The number of nitrogens with zero attached hydrogens (tertiary/aromatic N) is 2. The summed E-state index contributed by atoms with van der Waals surface area (Å²) in [6.45, 7) is 4.23. The van der Waals surface area contributed by atoms with Crippen molar-refractivity contribution in [2.75, 3.05) is 32.7 Å². The van der Waals surface area contributed by atoms with E-state index in [1.807, 2.05) is 4.90 Å². The topological polar surface area (TPSA) is 69.7 Å². The zero-order valence-corrected chi connectivity index (χ0v) is 18.4. The average molecular weight is 448 g/mol. The third-order valence-electron chi connectivity index (χ3n) is 5.69. The lowest BCUT2D eigenvalue weighted by Gasteiger charge is -2.34. The summed E-state index contributed by atoms with van der Waals surface area (Å²) in [7, 11) is -3.62. The maximum atomic E-state index is 12.8. The summed E-state index contributed by atoms with van der Waals surface area (Å²) < 4.78 is 27.0. The molecule has 1 amide bonds. The van der Waals surface area contributed by atoms with Crippen LogP contribution in [0.5, 0.6) is 0 Å². The Morgan fingerprint density at radius 2 is 1.79 bits per heavy atom. The molecule has 9 heteroatoms. The summed E-state index contributed by atoms with van der Waals surface area (Å²) in [4.78, 5) is 14.5. The molecule has 1 aliphatic heterocycles. The van der Waals surface area contributed by atoms with Gasteiger partial charge >= 0.3 is 0 Å². The molecule has 3 rings (SSSR count). The van der Waals surface area contributed by atoms with E-state index in [0.717, 1.165) is 12.8 Å². The van der Waals surface area contributed by atoms with Gasteiger partial charge < -0.3 is 5.32 Å². The van der Waals surface area contributed by atoms with Gasteiger partial charge in [0.1, 0.15) is 0 Å². The maximum absolute atomic E-state index is 12.8. The van der Waals surface area contributed by atoms with Gasteiger partial charge in [-0.25, -0.2) is 8.42 Å². The van der Waals surface area contributed by atoms with Crippen LogP contribution in [0, 0.1) is 5.92 Å². The normalized spacial score (nSPS) is 24.8. The lowest BCUT2D eigenvalue weighted by atomic mass is 9.86. The molecule has 6 nitrogen and oxygen atoms in total. The zero-order valence-electron chi connectivity index (χ0n) is 16.0. The molecule has 1 N–H and O–H groups in total. The van der Waals surface area contributed by atoms with E-state index in [2.05, 4.69) is 12.2 Å². The van der Waals surface area contributed by atoms with Crippen molar-refractivity contribution in [2.24, 2.45) is 5.92 Å². The van der Waals surface area contributed by atoms with Crippen LogP contribution < -0.4 is 5.32 Å². The standard InChI is InChI=1S/C19H27Cl2N3O3S/c1-14-4-2-3-5-18(14)22-19(25)13-23-8-10-24(11-9-23)28(26,27)15-6-7-16(20)17(21)12-15/h6-7,12,14,18H,2-5,8-11,13H2,1H3,(H,22,25)/t14-,18-/m1/s1. The van der Waals surface area contributed by atoms with Crippen LogP contribution in [0.1, 0.15) is 32.6 Å². The number of halogens is 2. The van der Waals surface area contributed by atoms with Gasteiger partial charge in [0.2, 0.25) is 15.9 Å². The number of benzene rings is 1. The van der Waals surface area contributed by atoms with E-state index in [1.54, 1.807) is 0 Å². The summed E-state index contributed by atoms with van der Waals surface area (Å²) in [6, 6.07) is 4.60. The Kier molecular flexibility index (Phi) is 7.26. The molecule has 1 saturated heterocycles. The predicted octanol–water partition coefficient (Wildman–Crippen LogP) is 2.99. The molecule has 0 aromatic heterocycles. The number of piperazine rings is 1. The molecule has 2 aliphatic rings. The molecule has 2 atom stereocenters. The molecule has 0 radical (unpaired) electrons. The first-order valence-corrected chi connectivity index (χ1v) is 11.9. The number of carbonyl (C=O) groups excluding carboxylic acids is 1. The summed E-state index contributed by atoms with van der Waals surface area (Å²) in [5.41, 5.74) is 0. The van der Waals surface area contributed by atoms with Gasteiger partial charge in [-0.3, -0.25) is 9.69 Å². The summed E-state index contributed by atoms with van der Waals surface area (Å²) >= 11 is 11.8.